The zero-order chi connectivity index (χ0) is 18.4. The fourth-order valence-electron chi connectivity index (χ4n) is 3.36. The molecule has 2 aromatic rings. The molecule has 0 atom stereocenters. The molecule has 0 saturated carbocycles. The maximum absolute atomic E-state index is 12.2. The number of nitrogens with one attached hydrogen (secondary N) is 1. The first-order chi connectivity index (χ1) is 12.6. The molecular formula is C21H27N3O2. The molecule has 0 radical (unpaired) electrons. The average molecular weight is 353 g/mol. The summed E-state index contributed by atoms with van der Waals surface area (Å²) in [5.41, 5.74) is 8.28. The number of hydrogen-bond donors (Lipinski definition) is 2. The molecule has 3 rings (SSSR count). The minimum atomic E-state index is -0.0436. The average Bonchev–Trinajstić information content (AvgIpc) is 2.68. The van der Waals surface area contributed by atoms with Crippen LogP contribution in [0.25, 0.3) is 0 Å². The highest BCUT2D eigenvalue weighted by Crippen LogP contribution is 2.20. The van der Waals surface area contributed by atoms with Gasteiger partial charge in [-0.1, -0.05) is 18.2 Å². The van der Waals surface area contributed by atoms with Gasteiger partial charge >= 0.3 is 0 Å². The van der Waals surface area contributed by atoms with Crippen LogP contribution >= 0.6 is 0 Å². The molecule has 2 aromatic carbocycles. The first-order valence-corrected chi connectivity index (χ1v) is 9.13. The van der Waals surface area contributed by atoms with Crippen LogP contribution in [0.5, 0.6) is 5.75 Å². The minimum Gasteiger partial charge on any atom is -0.497 e. The Hall–Kier alpha value is -2.53. The third-order valence-corrected chi connectivity index (χ3v) is 4.97. The van der Waals surface area contributed by atoms with Gasteiger partial charge in [-0.15, -0.1) is 0 Å². The first kappa shape index (κ1) is 18.3. The normalized spacial score (nSPS) is 15.6. The van der Waals surface area contributed by atoms with Crippen LogP contribution in [0.3, 0.4) is 0 Å². The van der Waals surface area contributed by atoms with Gasteiger partial charge in [0.05, 0.1) is 7.11 Å². The second-order valence-electron chi connectivity index (χ2n) is 6.90. The standard InChI is InChI=1S/C21H27N3O2/c1-26-20-7-5-17(6-8-20)15-24-11-9-16(10-12-24)14-23-21(25)18-3-2-4-19(22)13-18/h2-8,13,16H,9-12,14-15,22H2,1H3,(H,23,25). The third-order valence-electron chi connectivity index (χ3n) is 4.97. The number of nitrogen functional groups attached to an aromatic ring is 1. The monoisotopic (exact) mass is 353 g/mol. The molecule has 1 heterocycles. The number of nitrogens with zero attached hydrogens (tertiary/aromatic N) is 1. The molecule has 0 aliphatic carbocycles. The van der Waals surface area contributed by atoms with Gasteiger partial charge in [-0.25, -0.2) is 0 Å². The molecule has 1 aliphatic rings. The lowest BCUT2D eigenvalue weighted by atomic mass is 9.96. The lowest BCUT2D eigenvalue weighted by molar-refractivity contribution is 0.0935. The highest BCUT2D eigenvalue weighted by Gasteiger charge is 2.20. The fourth-order valence-corrected chi connectivity index (χ4v) is 3.36. The number of methoxy groups -OCH3 is 1. The summed E-state index contributed by atoms with van der Waals surface area (Å²) in [6.07, 6.45) is 2.21. The Labute approximate surface area is 155 Å². The van der Waals surface area contributed by atoms with E-state index in [0.717, 1.165) is 44.8 Å². The number of ether oxygens (including phenoxy) is 1. The van der Waals surface area contributed by atoms with Crippen LogP contribution in [0.15, 0.2) is 48.5 Å². The topological polar surface area (TPSA) is 67.6 Å². The van der Waals surface area contributed by atoms with Gasteiger partial charge in [-0.05, 0) is 67.7 Å². The number of hydrogen-bond acceptors (Lipinski definition) is 4. The summed E-state index contributed by atoms with van der Waals surface area (Å²) in [5, 5.41) is 3.05. The van der Waals surface area contributed by atoms with Crippen LogP contribution in [-0.4, -0.2) is 37.6 Å². The molecule has 3 N–H and O–H groups in total. The van der Waals surface area contributed by atoms with Crippen molar-refractivity contribution in [2.24, 2.45) is 5.92 Å². The van der Waals surface area contributed by atoms with Crippen LogP contribution in [0, 0.1) is 5.92 Å². The molecule has 1 amide bonds. The van der Waals surface area contributed by atoms with E-state index in [2.05, 4.69) is 22.3 Å². The maximum Gasteiger partial charge on any atom is 0.251 e. The van der Waals surface area contributed by atoms with Gasteiger partial charge in [-0.2, -0.15) is 0 Å². The summed E-state index contributed by atoms with van der Waals surface area (Å²) in [4.78, 5) is 14.7. The summed E-state index contributed by atoms with van der Waals surface area (Å²) in [6, 6.07) is 15.4. The molecule has 26 heavy (non-hydrogen) atoms. The number of carbonyl (C=O) groups excluding carboxylic acids is 1. The van der Waals surface area contributed by atoms with Gasteiger partial charge in [0, 0.05) is 24.3 Å². The lowest BCUT2D eigenvalue weighted by Gasteiger charge is -2.32. The number of anilines is 1. The maximum atomic E-state index is 12.2. The molecule has 0 spiro atoms. The summed E-state index contributed by atoms with van der Waals surface area (Å²) in [5.74, 6) is 1.38. The van der Waals surface area contributed by atoms with E-state index in [1.807, 2.05) is 18.2 Å². The molecule has 5 nitrogen and oxygen atoms in total. The van der Waals surface area contributed by atoms with Crippen molar-refractivity contribution in [2.45, 2.75) is 19.4 Å². The van der Waals surface area contributed by atoms with Crippen molar-refractivity contribution in [3.05, 3.63) is 59.7 Å². The number of amides is 1. The van der Waals surface area contributed by atoms with Crippen molar-refractivity contribution in [1.82, 2.24) is 10.2 Å². The van der Waals surface area contributed by atoms with Crippen LogP contribution in [0.4, 0.5) is 5.69 Å². The zero-order valence-electron chi connectivity index (χ0n) is 15.3. The SMILES string of the molecule is COc1ccc(CN2CCC(CNC(=O)c3cccc(N)c3)CC2)cc1. The summed E-state index contributed by atoms with van der Waals surface area (Å²) in [7, 11) is 1.69. The molecular weight excluding hydrogens is 326 g/mol. The molecule has 1 saturated heterocycles. The molecule has 0 unspecified atom stereocenters. The minimum absolute atomic E-state index is 0.0436. The predicted octanol–water partition coefficient (Wildman–Crippen LogP) is 2.92. The molecule has 138 valence electrons. The highest BCUT2D eigenvalue weighted by atomic mass is 16.5. The zero-order valence-corrected chi connectivity index (χ0v) is 15.3. The van der Waals surface area contributed by atoms with Crippen molar-refractivity contribution >= 4 is 11.6 Å². The van der Waals surface area contributed by atoms with Crippen LogP contribution in [0.1, 0.15) is 28.8 Å². The Balaban J connectivity index is 1.41. The van der Waals surface area contributed by atoms with Crippen molar-refractivity contribution < 1.29 is 9.53 Å². The Morgan fingerprint density at radius 1 is 1.19 bits per heavy atom. The number of benzene rings is 2. The van der Waals surface area contributed by atoms with Gasteiger partial charge in [-0.3, -0.25) is 9.69 Å². The highest BCUT2D eigenvalue weighted by molar-refractivity contribution is 5.94. The third kappa shape index (κ3) is 4.99. The lowest BCUT2D eigenvalue weighted by Crippen LogP contribution is -2.38. The molecule has 0 bridgehead atoms. The molecule has 1 aliphatic heterocycles. The van der Waals surface area contributed by atoms with E-state index in [9.17, 15) is 4.79 Å². The van der Waals surface area contributed by atoms with E-state index < -0.39 is 0 Å². The van der Waals surface area contributed by atoms with Crippen molar-refractivity contribution in [1.29, 1.82) is 0 Å². The Bertz CT molecular complexity index is 722. The van der Waals surface area contributed by atoms with Crippen molar-refractivity contribution in [3.8, 4) is 5.75 Å². The predicted molar refractivity (Wildman–Crippen MR) is 104 cm³/mol. The van der Waals surface area contributed by atoms with Crippen LogP contribution in [0.2, 0.25) is 0 Å². The largest absolute Gasteiger partial charge is 0.497 e. The van der Waals surface area contributed by atoms with Crippen molar-refractivity contribution in [2.75, 3.05) is 32.5 Å². The number of carbonyl (C=O) groups is 1. The van der Waals surface area contributed by atoms with Gasteiger partial charge in [0.2, 0.25) is 0 Å². The molecule has 1 fully saturated rings. The summed E-state index contributed by atoms with van der Waals surface area (Å²) >= 11 is 0. The van der Waals surface area contributed by atoms with Gasteiger partial charge in [0.1, 0.15) is 5.75 Å². The van der Waals surface area contributed by atoms with E-state index >= 15 is 0 Å². The van der Waals surface area contributed by atoms with E-state index in [1.54, 1.807) is 25.3 Å². The van der Waals surface area contributed by atoms with Gasteiger partial charge in [0.15, 0.2) is 0 Å². The molecule has 0 aromatic heterocycles. The van der Waals surface area contributed by atoms with Gasteiger partial charge in [0.25, 0.3) is 5.91 Å². The number of likely N-dealkylation sites (tertiary alicyclic amines) is 1. The van der Waals surface area contributed by atoms with Gasteiger partial charge < -0.3 is 15.8 Å². The smallest absolute Gasteiger partial charge is 0.251 e. The Kier molecular flexibility index (Phi) is 6.12. The molecule has 5 heteroatoms. The fraction of sp³-hybridized carbons (Fsp3) is 0.381. The van der Waals surface area contributed by atoms with E-state index in [-0.39, 0.29) is 5.91 Å². The number of piperidine rings is 1. The van der Waals surface area contributed by atoms with E-state index in [1.165, 1.54) is 5.56 Å². The quantitative estimate of drug-likeness (QED) is 0.784. The van der Waals surface area contributed by atoms with Crippen molar-refractivity contribution in [3.63, 3.8) is 0 Å². The Morgan fingerprint density at radius 3 is 2.58 bits per heavy atom. The second kappa shape index (κ2) is 8.72. The second-order valence-corrected chi connectivity index (χ2v) is 6.90. The number of nitrogens with two attached hydrogens (primary N) is 1. The Morgan fingerprint density at radius 2 is 1.92 bits per heavy atom. The van der Waals surface area contributed by atoms with Crippen LogP contribution < -0.4 is 15.8 Å². The van der Waals surface area contributed by atoms with Crippen LogP contribution in [-0.2, 0) is 6.54 Å². The summed E-state index contributed by atoms with van der Waals surface area (Å²) < 4.78 is 5.20. The first-order valence-electron chi connectivity index (χ1n) is 9.13. The summed E-state index contributed by atoms with van der Waals surface area (Å²) in [6.45, 7) is 3.81. The van der Waals surface area contributed by atoms with E-state index in [4.69, 9.17) is 10.5 Å². The number of rotatable bonds is 6. The van der Waals surface area contributed by atoms with E-state index in [0.29, 0.717) is 17.2 Å².